The Bertz CT molecular complexity index is 870. The van der Waals surface area contributed by atoms with Crippen LogP contribution in [-0.4, -0.2) is 41.0 Å². The molecule has 3 fully saturated rings. The first kappa shape index (κ1) is 23.0. The Morgan fingerprint density at radius 2 is 1.97 bits per heavy atom. The van der Waals surface area contributed by atoms with Gasteiger partial charge in [0.15, 0.2) is 0 Å². The zero-order valence-electron chi connectivity index (χ0n) is 19.5. The molecule has 9 atom stereocenters. The molecule has 1 amide bonds. The molecule has 0 saturated heterocycles. The van der Waals surface area contributed by atoms with E-state index in [9.17, 15) is 19.5 Å². The molecule has 7 heteroatoms. The summed E-state index contributed by atoms with van der Waals surface area (Å²) in [7, 11) is 0. The number of carbonyl (C=O) groups excluding carboxylic acids is 3. The van der Waals surface area contributed by atoms with Gasteiger partial charge in [-0.2, -0.15) is 0 Å². The number of carbonyl (C=O) groups is 3. The van der Waals surface area contributed by atoms with Gasteiger partial charge in [-0.1, -0.05) is 33.8 Å². The maximum atomic E-state index is 13.4. The van der Waals surface area contributed by atoms with E-state index in [-0.39, 0.29) is 29.0 Å². The molecule has 2 bridgehead atoms. The Balaban J connectivity index is 1.81. The minimum atomic E-state index is -1.14. The van der Waals surface area contributed by atoms with Gasteiger partial charge in [0.1, 0.15) is 11.9 Å². The van der Waals surface area contributed by atoms with Crippen LogP contribution < -0.4 is 10.6 Å². The molecule has 176 valence electrons. The number of Topliss-reactive ketones (excluding diaryl/α,β-unsaturated/α-hetero) is 1. The predicted molar refractivity (Wildman–Crippen MR) is 119 cm³/mol. The second kappa shape index (κ2) is 7.72. The minimum Gasteiger partial charge on any atom is -0.460 e. The number of esters is 1. The number of hydrogen-bond donors (Lipinski definition) is 3. The fraction of sp³-hybridized carbons (Fsp3) is 0.720. The zero-order valence-corrected chi connectivity index (χ0v) is 19.5. The van der Waals surface area contributed by atoms with E-state index in [0.29, 0.717) is 12.8 Å². The van der Waals surface area contributed by atoms with Crippen LogP contribution in [0, 0.1) is 34.0 Å². The van der Waals surface area contributed by atoms with Crippen molar-refractivity contribution < 1.29 is 24.2 Å². The second-order valence-electron chi connectivity index (χ2n) is 11.0. The van der Waals surface area contributed by atoms with Crippen molar-refractivity contribution in [2.45, 2.75) is 78.0 Å². The Morgan fingerprint density at radius 1 is 1.25 bits per heavy atom. The quantitative estimate of drug-likeness (QED) is 0.351. The summed E-state index contributed by atoms with van der Waals surface area (Å²) in [5, 5.41) is 16.8. The topological polar surface area (TPSA) is 105 Å². The maximum absolute atomic E-state index is 13.4. The van der Waals surface area contributed by atoms with Gasteiger partial charge in [0.25, 0.3) is 5.91 Å². The maximum Gasteiger partial charge on any atom is 0.338 e. The molecule has 0 spiro atoms. The summed E-state index contributed by atoms with van der Waals surface area (Å²) >= 11 is 0. The first-order chi connectivity index (χ1) is 15.0. The van der Waals surface area contributed by atoms with Crippen molar-refractivity contribution in [1.29, 1.82) is 0 Å². The van der Waals surface area contributed by atoms with Gasteiger partial charge in [-0.05, 0) is 42.9 Å². The number of rotatable bonds is 3. The molecule has 7 nitrogen and oxygen atoms in total. The van der Waals surface area contributed by atoms with E-state index >= 15 is 0 Å². The van der Waals surface area contributed by atoms with Crippen molar-refractivity contribution in [2.75, 3.05) is 0 Å². The van der Waals surface area contributed by atoms with Crippen molar-refractivity contribution in [2.24, 2.45) is 34.0 Å². The Labute approximate surface area is 190 Å². The number of aliphatic hydroxyl groups excluding tert-OH is 1. The highest BCUT2D eigenvalue weighted by molar-refractivity contribution is 6.03. The fourth-order valence-corrected chi connectivity index (χ4v) is 7.31. The smallest absolute Gasteiger partial charge is 0.338 e. The lowest BCUT2D eigenvalue weighted by Crippen LogP contribution is -2.63. The standard InChI is InChI=1S/C25H36N2O5/c1-6-23(4)13-17(32-22(31)18-21(30)27-12-11-26-18)24(5)14(2)7-9-25(15(3)20(23)29)10-8-16(28)19(24)25/h6,11-12,14-15,17-20,26,29H,1,7-10,13H2,2-5H3,(H,27,30)/t14-,15+,17-,18?,19?,20+,23-,24+,25+/m1/s1. The molecule has 0 aromatic rings. The SMILES string of the molecule is C=C[C@]1(C)C[C@@H](OC(=O)C2NC=CNC2=O)[C@@]2(C)C3C(=O)CC[C@@]3(CC[C@H]2C)[C@@H](C)[C@@H]1O. The molecule has 1 heterocycles. The Kier molecular flexibility index (Phi) is 5.55. The van der Waals surface area contributed by atoms with Gasteiger partial charge in [0, 0.05) is 35.6 Å². The Hall–Kier alpha value is -2.15. The minimum absolute atomic E-state index is 0.0821. The third kappa shape index (κ3) is 3.07. The van der Waals surface area contributed by atoms with Gasteiger partial charge < -0.3 is 20.5 Å². The third-order valence-corrected chi connectivity index (χ3v) is 9.63. The number of nitrogens with one attached hydrogen (secondary N) is 2. The van der Waals surface area contributed by atoms with Crippen molar-refractivity contribution >= 4 is 17.7 Å². The molecule has 3 saturated carbocycles. The summed E-state index contributed by atoms with van der Waals surface area (Å²) in [6, 6.07) is -1.14. The normalized spacial score (nSPS) is 48.0. The van der Waals surface area contributed by atoms with Crippen molar-refractivity contribution in [1.82, 2.24) is 10.6 Å². The van der Waals surface area contributed by atoms with Crippen LogP contribution in [0.5, 0.6) is 0 Å². The van der Waals surface area contributed by atoms with Gasteiger partial charge >= 0.3 is 5.97 Å². The van der Waals surface area contributed by atoms with Crippen molar-refractivity contribution in [3.05, 3.63) is 25.1 Å². The lowest BCUT2D eigenvalue weighted by Gasteiger charge is -2.61. The summed E-state index contributed by atoms with van der Waals surface area (Å²) in [6.45, 7) is 12.3. The third-order valence-electron chi connectivity index (χ3n) is 9.63. The average molecular weight is 445 g/mol. The van der Waals surface area contributed by atoms with Crippen molar-refractivity contribution in [3.63, 3.8) is 0 Å². The van der Waals surface area contributed by atoms with E-state index in [1.807, 2.05) is 6.92 Å². The van der Waals surface area contributed by atoms with Gasteiger partial charge in [0.2, 0.25) is 6.04 Å². The van der Waals surface area contributed by atoms with Gasteiger partial charge in [0.05, 0.1) is 6.10 Å². The van der Waals surface area contributed by atoms with E-state index < -0.39 is 41.0 Å². The lowest BCUT2D eigenvalue weighted by atomic mass is 9.44. The molecule has 3 aliphatic carbocycles. The second-order valence-corrected chi connectivity index (χ2v) is 11.0. The van der Waals surface area contributed by atoms with Crippen LogP contribution >= 0.6 is 0 Å². The van der Waals surface area contributed by atoms with Crippen LogP contribution in [0.15, 0.2) is 25.1 Å². The predicted octanol–water partition coefficient (Wildman–Crippen LogP) is 2.45. The van der Waals surface area contributed by atoms with E-state index in [2.05, 4.69) is 38.0 Å². The van der Waals surface area contributed by atoms with E-state index in [1.54, 1.807) is 6.08 Å². The van der Waals surface area contributed by atoms with Crippen LogP contribution in [0.2, 0.25) is 0 Å². The van der Waals surface area contributed by atoms with Crippen molar-refractivity contribution in [3.8, 4) is 0 Å². The van der Waals surface area contributed by atoms with Gasteiger partial charge in [-0.3, -0.25) is 9.59 Å². The van der Waals surface area contributed by atoms with Crippen LogP contribution in [0.1, 0.15) is 59.8 Å². The monoisotopic (exact) mass is 444 g/mol. The molecule has 2 unspecified atom stereocenters. The number of amides is 1. The van der Waals surface area contributed by atoms with Gasteiger partial charge in [-0.15, -0.1) is 6.58 Å². The highest BCUT2D eigenvalue weighted by atomic mass is 16.5. The summed E-state index contributed by atoms with van der Waals surface area (Å²) in [5.41, 5.74) is -1.62. The van der Waals surface area contributed by atoms with Gasteiger partial charge in [-0.25, -0.2) is 4.79 Å². The van der Waals surface area contributed by atoms with E-state index in [0.717, 1.165) is 19.3 Å². The van der Waals surface area contributed by atoms with E-state index in [1.165, 1.54) is 12.4 Å². The first-order valence-corrected chi connectivity index (χ1v) is 11.8. The number of hydrogen-bond acceptors (Lipinski definition) is 6. The summed E-state index contributed by atoms with van der Waals surface area (Å²) in [4.78, 5) is 38.8. The van der Waals surface area contributed by atoms with Crippen LogP contribution in [0.25, 0.3) is 0 Å². The number of ketones is 1. The number of ether oxygens (including phenoxy) is 1. The number of aliphatic hydroxyl groups is 1. The average Bonchev–Trinajstić information content (AvgIpc) is 3.12. The summed E-state index contributed by atoms with van der Waals surface area (Å²) in [5.74, 6) is -1.16. The molecule has 0 aromatic carbocycles. The molecule has 4 aliphatic rings. The summed E-state index contributed by atoms with van der Waals surface area (Å²) < 4.78 is 6.12. The molecule has 0 aromatic heterocycles. The van der Waals surface area contributed by atoms with Crippen LogP contribution in [0.3, 0.4) is 0 Å². The highest BCUT2D eigenvalue weighted by Crippen LogP contribution is 2.68. The first-order valence-electron chi connectivity index (χ1n) is 11.8. The van der Waals surface area contributed by atoms with E-state index in [4.69, 9.17) is 4.74 Å². The zero-order chi connectivity index (χ0) is 23.5. The largest absolute Gasteiger partial charge is 0.460 e. The molecule has 3 N–H and O–H groups in total. The molecular weight excluding hydrogens is 408 g/mol. The molecule has 0 radical (unpaired) electrons. The fourth-order valence-electron chi connectivity index (χ4n) is 7.31. The van der Waals surface area contributed by atoms with Crippen LogP contribution in [-0.2, 0) is 19.1 Å². The highest BCUT2D eigenvalue weighted by Gasteiger charge is 2.68. The Morgan fingerprint density at radius 3 is 2.62 bits per heavy atom. The molecule has 4 rings (SSSR count). The summed E-state index contributed by atoms with van der Waals surface area (Å²) in [6.07, 6.45) is 6.72. The molecular formula is C25H36N2O5. The van der Waals surface area contributed by atoms with Crippen LogP contribution in [0.4, 0.5) is 0 Å². The molecule has 32 heavy (non-hydrogen) atoms. The lowest BCUT2D eigenvalue weighted by molar-refractivity contribution is -0.207. The molecule has 1 aliphatic heterocycles.